The number of likely N-dealkylation sites (tertiary alicyclic amines) is 1. The van der Waals surface area contributed by atoms with Gasteiger partial charge >= 0.3 is 6.03 Å². The van der Waals surface area contributed by atoms with E-state index in [-0.39, 0.29) is 18.0 Å². The predicted octanol–water partition coefficient (Wildman–Crippen LogP) is 2.68. The van der Waals surface area contributed by atoms with E-state index in [2.05, 4.69) is 15.3 Å². The third-order valence-corrected chi connectivity index (χ3v) is 4.06. The minimum Gasteiger partial charge on any atom is -0.472 e. The number of carbonyl (C=O) groups is 1. The van der Waals surface area contributed by atoms with E-state index in [0.717, 1.165) is 18.4 Å². The first-order chi connectivity index (χ1) is 12.1. The number of carbonyl (C=O) groups excluding carboxylic acids is 1. The van der Waals surface area contributed by atoms with Crippen LogP contribution in [0.25, 0.3) is 0 Å². The number of piperidine rings is 1. The van der Waals surface area contributed by atoms with Gasteiger partial charge in [-0.05, 0) is 37.5 Å². The van der Waals surface area contributed by atoms with E-state index in [1.54, 1.807) is 29.3 Å². The van der Waals surface area contributed by atoms with E-state index in [9.17, 15) is 9.18 Å². The van der Waals surface area contributed by atoms with Gasteiger partial charge in [0.05, 0.1) is 6.54 Å². The Balaban J connectivity index is 1.51. The summed E-state index contributed by atoms with van der Waals surface area (Å²) in [5, 5.41) is 2.87. The molecule has 2 amide bonds. The van der Waals surface area contributed by atoms with Crippen LogP contribution in [-0.4, -0.2) is 40.1 Å². The topological polar surface area (TPSA) is 67.3 Å². The molecule has 0 bridgehead atoms. The molecule has 1 unspecified atom stereocenters. The summed E-state index contributed by atoms with van der Waals surface area (Å²) < 4.78 is 18.8. The monoisotopic (exact) mass is 344 g/mol. The highest BCUT2D eigenvalue weighted by molar-refractivity contribution is 5.74. The van der Waals surface area contributed by atoms with Crippen molar-refractivity contribution in [2.45, 2.75) is 32.4 Å². The number of benzene rings is 1. The molecule has 1 aromatic heterocycles. The van der Waals surface area contributed by atoms with Crippen LogP contribution in [0.2, 0.25) is 0 Å². The van der Waals surface area contributed by atoms with Crippen molar-refractivity contribution in [3.63, 3.8) is 0 Å². The van der Waals surface area contributed by atoms with Crippen molar-refractivity contribution in [1.29, 1.82) is 0 Å². The molecule has 0 spiro atoms. The van der Waals surface area contributed by atoms with E-state index < -0.39 is 0 Å². The largest absolute Gasteiger partial charge is 0.472 e. The smallest absolute Gasteiger partial charge is 0.317 e. The zero-order valence-electron chi connectivity index (χ0n) is 14.1. The van der Waals surface area contributed by atoms with Gasteiger partial charge in [0.2, 0.25) is 5.88 Å². The highest BCUT2D eigenvalue weighted by Gasteiger charge is 2.25. The first kappa shape index (κ1) is 17.1. The number of hydrogen-bond acceptors (Lipinski definition) is 4. The third-order valence-electron chi connectivity index (χ3n) is 4.06. The first-order valence-electron chi connectivity index (χ1n) is 8.33. The number of nitrogens with zero attached hydrogens (tertiary/aromatic N) is 3. The lowest BCUT2D eigenvalue weighted by molar-refractivity contribution is 0.0974. The molecule has 1 aliphatic heterocycles. The fourth-order valence-corrected chi connectivity index (χ4v) is 2.78. The molecule has 3 rings (SSSR count). The van der Waals surface area contributed by atoms with Crippen LogP contribution in [0.3, 0.4) is 0 Å². The zero-order chi connectivity index (χ0) is 17.6. The molecule has 1 aliphatic rings. The van der Waals surface area contributed by atoms with Crippen LogP contribution in [0.15, 0.2) is 36.5 Å². The maximum Gasteiger partial charge on any atom is 0.317 e. The average Bonchev–Trinajstić information content (AvgIpc) is 2.61. The lowest BCUT2D eigenvalue weighted by Crippen LogP contribution is -2.48. The Labute approximate surface area is 146 Å². The van der Waals surface area contributed by atoms with Gasteiger partial charge in [-0.1, -0.05) is 12.1 Å². The number of rotatable bonds is 4. The molecule has 7 heteroatoms. The Morgan fingerprint density at radius 3 is 2.92 bits per heavy atom. The molecular formula is C18H21FN4O2. The summed E-state index contributed by atoms with van der Waals surface area (Å²) >= 11 is 0. The number of ether oxygens (including phenoxy) is 1. The maximum absolute atomic E-state index is 12.9. The molecule has 25 heavy (non-hydrogen) atoms. The Bertz CT molecular complexity index is 723. The molecule has 132 valence electrons. The first-order valence-corrected chi connectivity index (χ1v) is 8.33. The summed E-state index contributed by atoms with van der Waals surface area (Å²) in [6.07, 6.45) is 3.33. The molecule has 1 N–H and O–H groups in total. The highest BCUT2D eigenvalue weighted by Crippen LogP contribution is 2.16. The van der Waals surface area contributed by atoms with Crippen molar-refractivity contribution in [1.82, 2.24) is 20.2 Å². The van der Waals surface area contributed by atoms with Crippen LogP contribution in [0.4, 0.5) is 9.18 Å². The van der Waals surface area contributed by atoms with Gasteiger partial charge in [-0.15, -0.1) is 0 Å². The van der Waals surface area contributed by atoms with Crippen LogP contribution >= 0.6 is 0 Å². The number of urea groups is 1. The predicted molar refractivity (Wildman–Crippen MR) is 90.6 cm³/mol. The number of amides is 2. The molecule has 1 aromatic carbocycles. The molecule has 0 saturated carbocycles. The van der Waals surface area contributed by atoms with Crippen LogP contribution < -0.4 is 10.1 Å². The Morgan fingerprint density at radius 2 is 2.16 bits per heavy atom. The van der Waals surface area contributed by atoms with E-state index in [1.807, 2.05) is 6.92 Å². The van der Waals surface area contributed by atoms with Crippen molar-refractivity contribution in [2.75, 3.05) is 13.1 Å². The molecule has 2 heterocycles. The summed E-state index contributed by atoms with van der Waals surface area (Å²) in [5.41, 5.74) is 0.857. The summed E-state index contributed by atoms with van der Waals surface area (Å²) in [6, 6.07) is 7.67. The van der Waals surface area contributed by atoms with Gasteiger partial charge in [-0.2, -0.15) is 4.98 Å². The summed E-state index contributed by atoms with van der Waals surface area (Å²) in [4.78, 5) is 22.4. The number of halogens is 1. The average molecular weight is 344 g/mol. The number of hydrogen-bond donors (Lipinski definition) is 1. The molecule has 1 fully saturated rings. The normalized spacial score (nSPS) is 17.2. The second kappa shape index (κ2) is 7.92. The van der Waals surface area contributed by atoms with Crippen LogP contribution in [-0.2, 0) is 6.54 Å². The van der Waals surface area contributed by atoms with Crippen LogP contribution in [0, 0.1) is 12.7 Å². The number of aryl methyl sites for hydroxylation is 1. The minimum atomic E-state index is -0.286. The lowest BCUT2D eigenvalue weighted by atomic mass is 10.1. The quantitative estimate of drug-likeness (QED) is 0.926. The third kappa shape index (κ3) is 4.89. The fourth-order valence-electron chi connectivity index (χ4n) is 2.78. The van der Waals surface area contributed by atoms with Gasteiger partial charge in [-0.25, -0.2) is 14.2 Å². The molecule has 6 nitrogen and oxygen atoms in total. The van der Waals surface area contributed by atoms with Gasteiger partial charge in [0.15, 0.2) is 0 Å². The fraction of sp³-hybridized carbons (Fsp3) is 0.389. The molecule has 0 radical (unpaired) electrons. The van der Waals surface area contributed by atoms with Crippen LogP contribution in [0.5, 0.6) is 5.88 Å². The van der Waals surface area contributed by atoms with E-state index in [4.69, 9.17) is 4.74 Å². The number of nitrogens with one attached hydrogen (secondary N) is 1. The van der Waals surface area contributed by atoms with E-state index >= 15 is 0 Å². The molecule has 1 atom stereocenters. The van der Waals surface area contributed by atoms with Gasteiger partial charge < -0.3 is 15.0 Å². The van der Waals surface area contributed by atoms with Crippen molar-refractivity contribution in [3.05, 3.63) is 53.7 Å². The van der Waals surface area contributed by atoms with Gasteiger partial charge in [-0.3, -0.25) is 0 Å². The highest BCUT2D eigenvalue weighted by atomic mass is 19.1. The number of aromatic nitrogens is 2. The van der Waals surface area contributed by atoms with Crippen LogP contribution in [0.1, 0.15) is 24.2 Å². The van der Waals surface area contributed by atoms with E-state index in [1.165, 1.54) is 12.1 Å². The van der Waals surface area contributed by atoms with Crippen molar-refractivity contribution < 1.29 is 13.9 Å². The Morgan fingerprint density at radius 1 is 1.36 bits per heavy atom. The second-order valence-corrected chi connectivity index (χ2v) is 6.06. The van der Waals surface area contributed by atoms with Gasteiger partial charge in [0.25, 0.3) is 0 Å². The minimum absolute atomic E-state index is 0.0837. The maximum atomic E-state index is 12.9. The van der Waals surface area contributed by atoms with Crippen molar-refractivity contribution in [3.8, 4) is 5.88 Å². The Hall–Kier alpha value is -2.70. The van der Waals surface area contributed by atoms with Crippen molar-refractivity contribution in [2.24, 2.45) is 0 Å². The molecular weight excluding hydrogens is 323 g/mol. The molecule has 1 saturated heterocycles. The molecule has 2 aromatic rings. The van der Waals surface area contributed by atoms with Gasteiger partial charge in [0.1, 0.15) is 17.7 Å². The summed E-state index contributed by atoms with van der Waals surface area (Å²) in [5.74, 6) is 0.902. The van der Waals surface area contributed by atoms with Gasteiger partial charge in [0, 0.05) is 25.4 Å². The second-order valence-electron chi connectivity index (χ2n) is 6.06. The molecule has 0 aliphatic carbocycles. The standard InChI is InChI=1S/C18H21FN4O2/c1-13-20-9-8-17(22-13)25-16-3-2-10-23(12-16)18(24)21-11-14-4-6-15(19)7-5-14/h4-9,16H,2-3,10-12H2,1H3,(H,21,24). The van der Waals surface area contributed by atoms with Crippen molar-refractivity contribution >= 4 is 6.03 Å². The Kier molecular flexibility index (Phi) is 5.42. The summed E-state index contributed by atoms with van der Waals surface area (Å²) in [7, 11) is 0. The lowest BCUT2D eigenvalue weighted by Gasteiger charge is -2.32. The zero-order valence-corrected chi connectivity index (χ0v) is 14.1. The summed E-state index contributed by atoms with van der Waals surface area (Å²) in [6.45, 7) is 3.38. The SMILES string of the molecule is Cc1nccc(OC2CCCN(C(=O)NCc3ccc(F)cc3)C2)n1. The van der Waals surface area contributed by atoms with E-state index in [0.29, 0.717) is 31.3 Å².